The zero-order valence-corrected chi connectivity index (χ0v) is 9.66. The molecule has 2 aromatic rings. The molecule has 0 saturated carbocycles. The molecule has 0 aromatic carbocycles. The van der Waals surface area contributed by atoms with Crippen LogP contribution in [0.15, 0.2) is 36.0 Å². The van der Waals surface area contributed by atoms with E-state index in [9.17, 15) is 4.79 Å². The van der Waals surface area contributed by atoms with Crippen LogP contribution in [-0.2, 0) is 4.74 Å². The summed E-state index contributed by atoms with van der Waals surface area (Å²) in [5, 5.41) is 1.81. The predicted molar refractivity (Wildman–Crippen MR) is 63.5 cm³/mol. The second kappa shape index (κ2) is 4.90. The van der Waals surface area contributed by atoms with E-state index in [-0.39, 0.29) is 5.97 Å². The van der Waals surface area contributed by atoms with Crippen LogP contribution in [-0.4, -0.2) is 17.6 Å². The van der Waals surface area contributed by atoms with E-state index in [2.05, 4.69) is 4.98 Å². The third-order valence-corrected chi connectivity index (χ3v) is 3.05. The molecule has 0 amide bonds. The fourth-order valence-corrected chi connectivity index (χ4v) is 2.21. The Morgan fingerprint density at radius 2 is 2.19 bits per heavy atom. The first-order valence-corrected chi connectivity index (χ1v) is 5.85. The molecule has 2 heterocycles. The highest BCUT2D eigenvalue weighted by molar-refractivity contribution is 7.13. The molecule has 0 N–H and O–H groups in total. The van der Waals surface area contributed by atoms with Gasteiger partial charge in [0.25, 0.3) is 0 Å². The molecule has 0 unspecified atom stereocenters. The summed E-state index contributed by atoms with van der Waals surface area (Å²) < 4.78 is 4.93. The third kappa shape index (κ3) is 2.28. The topological polar surface area (TPSA) is 39.2 Å². The summed E-state index contributed by atoms with van der Waals surface area (Å²) in [5.74, 6) is -0.265. The Morgan fingerprint density at radius 1 is 1.44 bits per heavy atom. The highest BCUT2D eigenvalue weighted by atomic mass is 32.1. The number of nitrogens with zero attached hydrogens (tertiary/aromatic N) is 1. The van der Waals surface area contributed by atoms with E-state index in [1.54, 1.807) is 19.3 Å². The lowest BCUT2D eigenvalue weighted by atomic mass is 10.2. The van der Waals surface area contributed by atoms with Crippen molar-refractivity contribution in [1.29, 1.82) is 0 Å². The first-order valence-electron chi connectivity index (χ1n) is 4.97. The van der Waals surface area contributed by atoms with Gasteiger partial charge in [0.05, 0.1) is 12.2 Å². The molecule has 0 radical (unpaired) electrons. The average molecular weight is 233 g/mol. The van der Waals surface area contributed by atoms with Crippen LogP contribution in [0.4, 0.5) is 0 Å². The molecule has 16 heavy (non-hydrogen) atoms. The number of aromatic nitrogens is 1. The summed E-state index contributed by atoms with van der Waals surface area (Å²) in [6.07, 6.45) is 3.47. The molecule has 4 heteroatoms. The van der Waals surface area contributed by atoms with Crippen LogP contribution in [0, 0.1) is 0 Å². The van der Waals surface area contributed by atoms with E-state index >= 15 is 0 Å². The van der Waals surface area contributed by atoms with Crippen LogP contribution in [0.2, 0.25) is 0 Å². The lowest BCUT2D eigenvalue weighted by Crippen LogP contribution is -2.02. The van der Waals surface area contributed by atoms with Crippen molar-refractivity contribution in [2.45, 2.75) is 6.92 Å². The summed E-state index contributed by atoms with van der Waals surface area (Å²) in [4.78, 5) is 16.5. The molecule has 2 aromatic heterocycles. The number of ether oxygens (including phenoxy) is 1. The van der Waals surface area contributed by atoms with Gasteiger partial charge in [-0.1, -0.05) is 0 Å². The van der Waals surface area contributed by atoms with Crippen LogP contribution in [0.25, 0.3) is 10.4 Å². The lowest BCUT2D eigenvalue weighted by Gasteiger charge is -1.97. The number of hydrogen-bond donors (Lipinski definition) is 0. The molecule has 0 aliphatic rings. The van der Waals surface area contributed by atoms with E-state index < -0.39 is 0 Å². The largest absolute Gasteiger partial charge is 0.462 e. The number of thiophene rings is 1. The van der Waals surface area contributed by atoms with Gasteiger partial charge in [0.2, 0.25) is 0 Å². The quantitative estimate of drug-likeness (QED) is 0.765. The van der Waals surface area contributed by atoms with Gasteiger partial charge >= 0.3 is 5.97 Å². The predicted octanol–water partition coefficient (Wildman–Crippen LogP) is 2.99. The SMILES string of the molecule is CCOC(=O)c1csc(-c2ccncc2)c1. The van der Waals surface area contributed by atoms with Crippen molar-refractivity contribution in [3.8, 4) is 10.4 Å². The van der Waals surface area contributed by atoms with Crippen LogP contribution in [0.5, 0.6) is 0 Å². The maximum atomic E-state index is 11.5. The maximum Gasteiger partial charge on any atom is 0.338 e. The average Bonchev–Trinajstić information content (AvgIpc) is 2.80. The summed E-state index contributed by atoms with van der Waals surface area (Å²) >= 11 is 1.53. The molecule has 0 aliphatic heterocycles. The Hall–Kier alpha value is -1.68. The smallest absolute Gasteiger partial charge is 0.338 e. The Labute approximate surface area is 97.7 Å². The van der Waals surface area contributed by atoms with Crippen molar-refractivity contribution >= 4 is 17.3 Å². The molecule has 0 saturated heterocycles. The molecular weight excluding hydrogens is 222 g/mol. The number of carbonyl (C=O) groups is 1. The molecule has 0 aliphatic carbocycles. The number of esters is 1. The second-order valence-electron chi connectivity index (χ2n) is 3.16. The van der Waals surface area contributed by atoms with Gasteiger partial charge in [-0.25, -0.2) is 4.79 Å². The minimum Gasteiger partial charge on any atom is -0.462 e. The summed E-state index contributed by atoms with van der Waals surface area (Å²) in [6.45, 7) is 2.20. The monoisotopic (exact) mass is 233 g/mol. The Kier molecular flexibility index (Phi) is 3.31. The normalized spacial score (nSPS) is 10.1. The molecule has 3 nitrogen and oxygen atoms in total. The van der Waals surface area contributed by atoms with E-state index in [0.29, 0.717) is 12.2 Å². The highest BCUT2D eigenvalue weighted by Crippen LogP contribution is 2.26. The Balaban J connectivity index is 2.23. The van der Waals surface area contributed by atoms with Gasteiger partial charge in [-0.3, -0.25) is 4.98 Å². The summed E-state index contributed by atoms with van der Waals surface area (Å²) in [5.41, 5.74) is 1.68. The highest BCUT2D eigenvalue weighted by Gasteiger charge is 2.10. The molecule has 82 valence electrons. The van der Waals surface area contributed by atoms with Crippen molar-refractivity contribution in [2.75, 3.05) is 6.61 Å². The first-order chi connectivity index (χ1) is 7.81. The third-order valence-electron chi connectivity index (χ3n) is 2.08. The number of carbonyl (C=O) groups excluding carboxylic acids is 1. The van der Waals surface area contributed by atoms with Gasteiger partial charge < -0.3 is 4.74 Å². The van der Waals surface area contributed by atoms with Crippen molar-refractivity contribution in [3.63, 3.8) is 0 Å². The van der Waals surface area contributed by atoms with E-state index in [4.69, 9.17) is 4.74 Å². The van der Waals surface area contributed by atoms with Gasteiger partial charge in [0.1, 0.15) is 0 Å². The molecule has 0 spiro atoms. The van der Waals surface area contributed by atoms with E-state index in [1.165, 1.54) is 11.3 Å². The minimum atomic E-state index is -0.265. The van der Waals surface area contributed by atoms with Gasteiger partial charge in [-0.2, -0.15) is 0 Å². The van der Waals surface area contributed by atoms with Crippen molar-refractivity contribution < 1.29 is 9.53 Å². The van der Waals surface area contributed by atoms with Gasteiger partial charge in [-0.05, 0) is 30.7 Å². The zero-order chi connectivity index (χ0) is 11.4. The minimum absolute atomic E-state index is 0.265. The van der Waals surface area contributed by atoms with Gasteiger partial charge in [-0.15, -0.1) is 11.3 Å². The fraction of sp³-hybridized carbons (Fsp3) is 0.167. The van der Waals surface area contributed by atoms with E-state index in [0.717, 1.165) is 10.4 Å². The Bertz CT molecular complexity index is 479. The maximum absolute atomic E-state index is 11.5. The number of rotatable bonds is 3. The second-order valence-corrected chi connectivity index (χ2v) is 4.07. The molecule has 2 rings (SSSR count). The van der Waals surface area contributed by atoms with Crippen molar-refractivity contribution in [3.05, 3.63) is 41.5 Å². The fourth-order valence-electron chi connectivity index (χ4n) is 1.33. The summed E-state index contributed by atoms with van der Waals surface area (Å²) in [6, 6.07) is 5.68. The standard InChI is InChI=1S/C12H11NO2S/c1-2-15-12(14)10-7-11(16-8-10)9-3-5-13-6-4-9/h3-8H,2H2,1H3. The van der Waals surface area contributed by atoms with Crippen molar-refractivity contribution in [2.24, 2.45) is 0 Å². The number of hydrogen-bond acceptors (Lipinski definition) is 4. The number of pyridine rings is 1. The molecule has 0 atom stereocenters. The zero-order valence-electron chi connectivity index (χ0n) is 8.84. The molecule has 0 fully saturated rings. The van der Waals surface area contributed by atoms with E-state index in [1.807, 2.05) is 23.6 Å². The lowest BCUT2D eigenvalue weighted by molar-refractivity contribution is 0.0527. The van der Waals surface area contributed by atoms with Crippen molar-refractivity contribution in [1.82, 2.24) is 4.98 Å². The van der Waals surface area contributed by atoms with Crippen LogP contribution in [0.3, 0.4) is 0 Å². The molecular formula is C12H11NO2S. The molecule has 0 bridgehead atoms. The van der Waals surface area contributed by atoms with Crippen LogP contribution >= 0.6 is 11.3 Å². The van der Waals surface area contributed by atoms with Gasteiger partial charge in [0, 0.05) is 22.7 Å². The van der Waals surface area contributed by atoms with Crippen LogP contribution < -0.4 is 0 Å². The Morgan fingerprint density at radius 3 is 2.88 bits per heavy atom. The first kappa shape index (κ1) is 10.8. The van der Waals surface area contributed by atoms with Gasteiger partial charge in [0.15, 0.2) is 0 Å². The van der Waals surface area contributed by atoms with Crippen LogP contribution in [0.1, 0.15) is 17.3 Å². The summed E-state index contributed by atoms with van der Waals surface area (Å²) in [7, 11) is 0.